The van der Waals surface area contributed by atoms with Crippen LogP contribution in [0.25, 0.3) is 0 Å². The van der Waals surface area contributed by atoms with Crippen molar-refractivity contribution in [2.75, 3.05) is 13.1 Å². The molecule has 4 rings (SSSR count). The molecular formula is C22H29ClN4O5S. The first kappa shape index (κ1) is 24.1. The van der Waals surface area contributed by atoms with Crippen LogP contribution in [0.4, 0.5) is 0 Å². The number of rotatable bonds is 5. The van der Waals surface area contributed by atoms with Crippen molar-refractivity contribution in [2.45, 2.75) is 75.5 Å². The van der Waals surface area contributed by atoms with Gasteiger partial charge in [-0.3, -0.25) is 4.79 Å². The summed E-state index contributed by atoms with van der Waals surface area (Å²) in [4.78, 5) is 17.6. The number of amides is 1. The van der Waals surface area contributed by atoms with Crippen LogP contribution >= 0.6 is 11.6 Å². The number of morpholine rings is 1. The topological polar surface area (TPSA) is 115 Å². The van der Waals surface area contributed by atoms with E-state index in [9.17, 15) is 13.2 Å². The summed E-state index contributed by atoms with van der Waals surface area (Å²) in [6, 6.07) is 4.32. The van der Waals surface area contributed by atoms with E-state index in [4.69, 9.17) is 20.9 Å². The summed E-state index contributed by atoms with van der Waals surface area (Å²) in [5.74, 6) is 0.473. The van der Waals surface area contributed by atoms with Gasteiger partial charge in [0.15, 0.2) is 5.82 Å². The van der Waals surface area contributed by atoms with Gasteiger partial charge < -0.3 is 14.6 Å². The smallest absolute Gasteiger partial charge is 0.252 e. The van der Waals surface area contributed by atoms with Gasteiger partial charge in [-0.1, -0.05) is 36.0 Å². The van der Waals surface area contributed by atoms with Crippen LogP contribution in [0.3, 0.4) is 0 Å². The third-order valence-electron chi connectivity index (χ3n) is 6.21. The molecule has 1 aromatic carbocycles. The molecule has 2 fully saturated rings. The van der Waals surface area contributed by atoms with Crippen LogP contribution in [0.5, 0.6) is 0 Å². The van der Waals surface area contributed by atoms with Gasteiger partial charge in [-0.25, -0.2) is 8.42 Å². The molecule has 2 unspecified atom stereocenters. The molecule has 1 aliphatic heterocycles. The number of sulfonamides is 1. The molecular weight excluding hydrogens is 468 g/mol. The number of halogens is 1. The molecule has 0 spiro atoms. The molecule has 2 atom stereocenters. The van der Waals surface area contributed by atoms with E-state index in [1.165, 1.54) is 22.5 Å². The second-order valence-corrected chi connectivity index (χ2v) is 11.3. The molecule has 11 heteroatoms. The van der Waals surface area contributed by atoms with Crippen molar-refractivity contribution >= 4 is 27.5 Å². The largest absolute Gasteiger partial charge is 0.373 e. The van der Waals surface area contributed by atoms with E-state index >= 15 is 0 Å². The van der Waals surface area contributed by atoms with Gasteiger partial charge in [-0.05, 0) is 44.9 Å². The second kappa shape index (κ2) is 9.32. The number of carbonyl (C=O) groups excluding carboxylic acids is 1. The van der Waals surface area contributed by atoms with Crippen molar-refractivity contribution < 1.29 is 22.5 Å². The maximum atomic E-state index is 13.4. The predicted molar refractivity (Wildman–Crippen MR) is 121 cm³/mol. The molecule has 2 aliphatic rings. The van der Waals surface area contributed by atoms with E-state index in [-0.39, 0.29) is 40.8 Å². The van der Waals surface area contributed by atoms with Crippen LogP contribution in [-0.2, 0) is 20.3 Å². The summed E-state index contributed by atoms with van der Waals surface area (Å²) in [7, 11) is -3.91. The highest BCUT2D eigenvalue weighted by Crippen LogP contribution is 2.36. The van der Waals surface area contributed by atoms with E-state index < -0.39 is 21.5 Å². The van der Waals surface area contributed by atoms with E-state index in [1.54, 1.807) is 6.92 Å². The lowest BCUT2D eigenvalue weighted by Gasteiger charge is -2.35. The van der Waals surface area contributed by atoms with Crippen LogP contribution in [0.2, 0.25) is 5.02 Å². The number of nitrogens with one attached hydrogen (secondary N) is 1. The molecule has 1 saturated heterocycles. The van der Waals surface area contributed by atoms with Crippen molar-refractivity contribution in [2.24, 2.45) is 0 Å². The minimum absolute atomic E-state index is 0.0690. The number of hydrogen-bond donors (Lipinski definition) is 1. The number of aryl methyl sites for hydroxylation is 1. The van der Waals surface area contributed by atoms with Gasteiger partial charge >= 0.3 is 0 Å². The minimum Gasteiger partial charge on any atom is -0.373 e. The molecule has 9 nitrogen and oxygen atoms in total. The lowest BCUT2D eigenvalue weighted by Crippen LogP contribution is -2.48. The summed E-state index contributed by atoms with van der Waals surface area (Å²) >= 11 is 6.29. The zero-order valence-corrected chi connectivity index (χ0v) is 20.6. The third kappa shape index (κ3) is 4.94. The standard InChI is InChI=1S/C22H29ClN4O5S/c1-14-12-27(13-15(2)31-14)33(29,30)19-11-17(7-8-18(19)23)20(28)25-22(9-5-4-6-10-22)21-24-16(3)32-26-21/h7-8,11,14-15H,4-6,9-10,12-13H2,1-3H3,(H,25,28). The first-order chi connectivity index (χ1) is 15.6. The maximum absolute atomic E-state index is 13.4. The fraction of sp³-hybridized carbons (Fsp3) is 0.591. The van der Waals surface area contributed by atoms with Gasteiger partial charge in [-0.2, -0.15) is 9.29 Å². The molecule has 1 amide bonds. The Balaban J connectivity index is 1.63. The van der Waals surface area contributed by atoms with Crippen LogP contribution in [0.1, 0.15) is 68.0 Å². The average Bonchev–Trinajstić information content (AvgIpc) is 3.21. The number of hydrogen-bond acceptors (Lipinski definition) is 7. The van der Waals surface area contributed by atoms with Gasteiger partial charge in [-0.15, -0.1) is 0 Å². The van der Waals surface area contributed by atoms with E-state index in [2.05, 4.69) is 15.5 Å². The van der Waals surface area contributed by atoms with Crippen molar-refractivity contribution in [3.05, 3.63) is 40.5 Å². The molecule has 0 bridgehead atoms. The Labute approximate surface area is 198 Å². The summed E-state index contributed by atoms with van der Waals surface area (Å²) in [6.07, 6.45) is 3.79. The molecule has 2 heterocycles. The van der Waals surface area contributed by atoms with Crippen LogP contribution in [0, 0.1) is 6.92 Å². The first-order valence-electron chi connectivity index (χ1n) is 11.2. The monoisotopic (exact) mass is 496 g/mol. The van der Waals surface area contributed by atoms with E-state index in [0.717, 1.165) is 19.3 Å². The van der Waals surface area contributed by atoms with Gasteiger partial charge in [0.05, 0.1) is 17.2 Å². The number of aromatic nitrogens is 2. The Morgan fingerprint density at radius 3 is 2.45 bits per heavy atom. The van der Waals surface area contributed by atoms with Gasteiger partial charge in [0, 0.05) is 25.6 Å². The van der Waals surface area contributed by atoms with Gasteiger partial charge in [0.1, 0.15) is 10.4 Å². The Kier molecular flexibility index (Phi) is 6.82. The predicted octanol–water partition coefficient (Wildman–Crippen LogP) is 3.42. The van der Waals surface area contributed by atoms with Crippen LogP contribution in [-0.4, -0.2) is 54.1 Å². The summed E-state index contributed by atoms with van der Waals surface area (Å²) < 4.78 is 38.9. The number of benzene rings is 1. The van der Waals surface area contributed by atoms with Crippen LogP contribution < -0.4 is 5.32 Å². The van der Waals surface area contributed by atoms with Gasteiger partial charge in [0.25, 0.3) is 5.91 Å². The lowest BCUT2D eigenvalue weighted by molar-refractivity contribution is -0.0440. The molecule has 2 aromatic rings. The molecule has 1 aromatic heterocycles. The Morgan fingerprint density at radius 2 is 1.85 bits per heavy atom. The van der Waals surface area contributed by atoms with Gasteiger partial charge in [0.2, 0.25) is 15.9 Å². The molecule has 1 aliphatic carbocycles. The highest BCUT2D eigenvalue weighted by atomic mass is 35.5. The normalized spacial score (nSPS) is 23.9. The summed E-state index contributed by atoms with van der Waals surface area (Å²) in [6.45, 7) is 5.80. The Morgan fingerprint density at radius 1 is 1.18 bits per heavy atom. The number of nitrogens with zero attached hydrogens (tertiary/aromatic N) is 3. The fourth-order valence-electron chi connectivity index (χ4n) is 4.65. The van der Waals surface area contributed by atoms with Crippen LogP contribution in [0.15, 0.2) is 27.6 Å². The fourth-order valence-corrected chi connectivity index (χ4v) is 6.74. The third-order valence-corrected chi connectivity index (χ3v) is 8.53. The number of carbonyl (C=O) groups is 1. The summed E-state index contributed by atoms with van der Waals surface area (Å²) in [5, 5.41) is 7.21. The van der Waals surface area contributed by atoms with Crippen molar-refractivity contribution in [3.8, 4) is 0 Å². The number of ether oxygens (including phenoxy) is 1. The quantitative estimate of drug-likeness (QED) is 0.674. The van der Waals surface area contributed by atoms with Crippen molar-refractivity contribution in [1.29, 1.82) is 0 Å². The molecule has 0 radical (unpaired) electrons. The Hall–Kier alpha value is -2.01. The molecule has 1 N–H and O–H groups in total. The zero-order chi connectivity index (χ0) is 23.8. The van der Waals surface area contributed by atoms with Crippen molar-refractivity contribution in [1.82, 2.24) is 19.8 Å². The lowest BCUT2D eigenvalue weighted by atomic mass is 9.80. The molecule has 33 heavy (non-hydrogen) atoms. The second-order valence-electron chi connectivity index (χ2n) is 8.96. The molecule has 1 saturated carbocycles. The minimum atomic E-state index is -3.91. The first-order valence-corrected chi connectivity index (χ1v) is 13.0. The van der Waals surface area contributed by atoms with Crippen molar-refractivity contribution in [3.63, 3.8) is 0 Å². The summed E-state index contributed by atoms with van der Waals surface area (Å²) in [5.41, 5.74) is -0.543. The molecule has 180 valence electrons. The maximum Gasteiger partial charge on any atom is 0.252 e. The zero-order valence-electron chi connectivity index (χ0n) is 19.0. The highest BCUT2D eigenvalue weighted by Gasteiger charge is 2.40. The average molecular weight is 497 g/mol. The Bertz CT molecular complexity index is 1120. The highest BCUT2D eigenvalue weighted by molar-refractivity contribution is 7.89. The van der Waals surface area contributed by atoms with E-state index in [0.29, 0.717) is 24.6 Å². The SMILES string of the molecule is Cc1nc(C2(NC(=O)c3ccc(Cl)c(S(=O)(=O)N4CC(C)OC(C)C4)c3)CCCCC2)no1. The van der Waals surface area contributed by atoms with E-state index in [1.807, 2.05) is 13.8 Å².